The van der Waals surface area contributed by atoms with E-state index >= 15 is 0 Å². The Bertz CT molecular complexity index is 1380. The molecule has 0 radical (unpaired) electrons. The van der Waals surface area contributed by atoms with Crippen molar-refractivity contribution in [3.8, 4) is 5.75 Å². The standard InChI is InChI=1S/C25H29ClIN7O4/c1-28-22(35)15-38-21-11-17-10-18(2-3-20(17)34(24(21)36)5-4-16-13-37-14-16)30-23-19(26)12-29-25(31-23)32-6-8-33(27)9-7-32/h2-3,10-12,16H,4-9,13-15H2,1H3,(H,28,35)(H,29,30,31). The molecule has 0 aliphatic carbocycles. The summed E-state index contributed by atoms with van der Waals surface area (Å²) in [6.07, 6.45) is 2.43. The Labute approximate surface area is 238 Å². The second-order valence-electron chi connectivity index (χ2n) is 9.28. The van der Waals surface area contributed by atoms with Gasteiger partial charge in [0.05, 0.1) is 24.9 Å². The number of fused-ring (bicyclic) bond motifs is 1. The third-order valence-corrected chi connectivity index (χ3v) is 7.91. The fourth-order valence-electron chi connectivity index (χ4n) is 4.36. The van der Waals surface area contributed by atoms with Crippen molar-refractivity contribution in [1.29, 1.82) is 0 Å². The number of halogens is 2. The van der Waals surface area contributed by atoms with Crippen LogP contribution in [0.5, 0.6) is 5.75 Å². The van der Waals surface area contributed by atoms with Crippen molar-refractivity contribution in [2.45, 2.75) is 13.0 Å². The average Bonchev–Trinajstić information content (AvgIpc) is 2.89. The smallest absolute Gasteiger partial charge is 0.293 e. The Morgan fingerprint density at radius 2 is 2.03 bits per heavy atom. The van der Waals surface area contributed by atoms with Gasteiger partial charge in [-0.1, -0.05) is 11.6 Å². The first-order valence-electron chi connectivity index (χ1n) is 12.4. The molecule has 2 saturated heterocycles. The molecule has 1 aromatic carbocycles. The van der Waals surface area contributed by atoms with Crippen LogP contribution in [0.1, 0.15) is 6.42 Å². The Morgan fingerprint density at radius 3 is 2.74 bits per heavy atom. The highest BCUT2D eigenvalue weighted by molar-refractivity contribution is 14.1. The summed E-state index contributed by atoms with van der Waals surface area (Å²) in [4.78, 5) is 36.2. The normalized spacial score (nSPS) is 16.3. The first-order chi connectivity index (χ1) is 18.4. The summed E-state index contributed by atoms with van der Waals surface area (Å²) in [5.74, 6) is 1.37. The van der Waals surface area contributed by atoms with Gasteiger partial charge < -0.3 is 29.6 Å². The molecule has 13 heteroatoms. The SMILES string of the molecule is CNC(=O)COc1cc2cc(Nc3nc(N4CCN(I)CC4)ncc3Cl)ccc2n(CCC2COC2)c1=O. The number of piperazine rings is 1. The molecule has 202 valence electrons. The zero-order valence-electron chi connectivity index (χ0n) is 21.0. The van der Waals surface area contributed by atoms with E-state index in [1.54, 1.807) is 16.8 Å². The lowest BCUT2D eigenvalue weighted by molar-refractivity contribution is -0.122. The molecule has 0 unspecified atom stereocenters. The molecular weight excluding hydrogens is 625 g/mol. The molecule has 0 bridgehead atoms. The maximum Gasteiger partial charge on any atom is 0.293 e. The third-order valence-electron chi connectivity index (χ3n) is 6.67. The van der Waals surface area contributed by atoms with Gasteiger partial charge in [0, 0.05) is 79.6 Å². The molecule has 3 aromatic rings. The quantitative estimate of drug-likeness (QED) is 0.266. The Morgan fingerprint density at radius 1 is 1.24 bits per heavy atom. The number of amides is 1. The largest absolute Gasteiger partial charge is 0.478 e. The highest BCUT2D eigenvalue weighted by Crippen LogP contribution is 2.28. The molecule has 11 nitrogen and oxygen atoms in total. The van der Waals surface area contributed by atoms with Crippen LogP contribution in [0.2, 0.25) is 5.02 Å². The number of hydrogen-bond donors (Lipinski definition) is 2. The number of likely N-dealkylation sites (N-methyl/N-ethyl adjacent to an activating group) is 1. The van der Waals surface area contributed by atoms with E-state index in [1.807, 2.05) is 18.2 Å². The number of nitrogens with one attached hydrogen (secondary N) is 2. The third kappa shape index (κ3) is 6.14. The lowest BCUT2D eigenvalue weighted by Gasteiger charge is -2.31. The van der Waals surface area contributed by atoms with Gasteiger partial charge in [-0.05, 0) is 30.7 Å². The minimum Gasteiger partial charge on any atom is -0.478 e. The second-order valence-corrected chi connectivity index (χ2v) is 11.1. The van der Waals surface area contributed by atoms with Crippen molar-refractivity contribution in [1.82, 2.24) is 23.0 Å². The van der Waals surface area contributed by atoms with E-state index in [-0.39, 0.29) is 23.8 Å². The average molecular weight is 654 g/mol. The first-order valence-corrected chi connectivity index (χ1v) is 13.8. The maximum atomic E-state index is 13.2. The Hall–Kier alpha value is -2.68. The molecule has 0 spiro atoms. The van der Waals surface area contributed by atoms with E-state index in [0.717, 1.165) is 49.2 Å². The number of benzene rings is 1. The van der Waals surface area contributed by atoms with Crippen LogP contribution in [0.25, 0.3) is 10.9 Å². The fraction of sp³-hybridized carbons (Fsp3) is 0.440. The fourth-order valence-corrected chi connectivity index (χ4v) is 4.93. The topological polar surface area (TPSA) is 114 Å². The first kappa shape index (κ1) is 26.9. The molecule has 2 N–H and O–H groups in total. The number of carbonyl (C=O) groups excluding carboxylic acids is 1. The zero-order chi connectivity index (χ0) is 26.6. The van der Waals surface area contributed by atoms with Gasteiger partial charge in [0.25, 0.3) is 11.5 Å². The van der Waals surface area contributed by atoms with Crippen molar-refractivity contribution in [3.05, 3.63) is 45.8 Å². The second kappa shape index (κ2) is 12.0. The lowest BCUT2D eigenvalue weighted by atomic mass is 10.0. The van der Waals surface area contributed by atoms with Crippen LogP contribution in [0, 0.1) is 5.92 Å². The van der Waals surface area contributed by atoms with Gasteiger partial charge >= 0.3 is 0 Å². The summed E-state index contributed by atoms with van der Waals surface area (Å²) in [6.45, 7) is 5.24. The number of rotatable bonds is 9. The molecule has 4 heterocycles. The number of hydrogen-bond acceptors (Lipinski definition) is 9. The molecule has 2 aromatic heterocycles. The maximum absolute atomic E-state index is 13.2. The number of aromatic nitrogens is 3. The van der Waals surface area contributed by atoms with Crippen LogP contribution < -0.4 is 25.8 Å². The number of ether oxygens (including phenoxy) is 2. The number of aryl methyl sites for hydroxylation is 1. The molecule has 1 amide bonds. The van der Waals surface area contributed by atoms with Crippen LogP contribution in [-0.2, 0) is 16.1 Å². The van der Waals surface area contributed by atoms with E-state index in [1.165, 1.54) is 7.05 Å². The van der Waals surface area contributed by atoms with Crippen LogP contribution in [0.4, 0.5) is 17.5 Å². The summed E-state index contributed by atoms with van der Waals surface area (Å²) in [6, 6.07) is 7.37. The highest BCUT2D eigenvalue weighted by atomic mass is 127. The van der Waals surface area contributed by atoms with Crippen LogP contribution in [0.15, 0.2) is 35.3 Å². The predicted molar refractivity (Wildman–Crippen MR) is 155 cm³/mol. The molecule has 2 aliphatic heterocycles. The minimum atomic E-state index is -0.313. The van der Waals surface area contributed by atoms with Gasteiger partial charge in [0.15, 0.2) is 18.2 Å². The van der Waals surface area contributed by atoms with Crippen LogP contribution in [0.3, 0.4) is 0 Å². The van der Waals surface area contributed by atoms with Crippen molar-refractivity contribution in [3.63, 3.8) is 0 Å². The van der Waals surface area contributed by atoms with Gasteiger partial charge in [0.2, 0.25) is 5.95 Å². The van der Waals surface area contributed by atoms with Crippen molar-refractivity contribution in [2.24, 2.45) is 5.92 Å². The van der Waals surface area contributed by atoms with Crippen LogP contribution >= 0.6 is 34.5 Å². The molecule has 5 rings (SSSR count). The number of nitrogens with zero attached hydrogens (tertiary/aromatic N) is 5. The molecule has 0 atom stereocenters. The number of anilines is 3. The summed E-state index contributed by atoms with van der Waals surface area (Å²) < 4.78 is 14.8. The van der Waals surface area contributed by atoms with Crippen molar-refractivity contribution in [2.75, 3.05) is 63.3 Å². The summed E-state index contributed by atoms with van der Waals surface area (Å²) >= 11 is 8.77. The summed E-state index contributed by atoms with van der Waals surface area (Å²) in [5, 5.41) is 7.00. The summed E-state index contributed by atoms with van der Waals surface area (Å²) in [7, 11) is 1.52. The van der Waals surface area contributed by atoms with Crippen molar-refractivity contribution >= 4 is 68.7 Å². The zero-order valence-corrected chi connectivity index (χ0v) is 23.9. The highest BCUT2D eigenvalue weighted by Gasteiger charge is 2.21. The van der Waals surface area contributed by atoms with E-state index in [2.05, 4.69) is 51.5 Å². The molecular formula is C25H29ClIN7O4. The van der Waals surface area contributed by atoms with E-state index in [0.29, 0.717) is 42.5 Å². The van der Waals surface area contributed by atoms with Crippen molar-refractivity contribution < 1.29 is 14.3 Å². The Kier molecular flexibility index (Phi) is 8.51. The monoisotopic (exact) mass is 653 g/mol. The molecule has 0 saturated carbocycles. The molecule has 2 aliphatic rings. The van der Waals surface area contributed by atoms with E-state index in [9.17, 15) is 9.59 Å². The number of pyridine rings is 1. The Balaban J connectivity index is 1.44. The molecule has 2 fully saturated rings. The minimum absolute atomic E-state index is 0.125. The van der Waals surface area contributed by atoms with E-state index < -0.39 is 0 Å². The lowest BCUT2D eigenvalue weighted by Crippen LogP contribution is -2.42. The van der Waals surface area contributed by atoms with Gasteiger partial charge in [-0.3, -0.25) is 9.59 Å². The van der Waals surface area contributed by atoms with Crippen LogP contribution in [-0.4, -0.2) is 76.6 Å². The molecule has 38 heavy (non-hydrogen) atoms. The number of carbonyl (C=O) groups is 1. The predicted octanol–water partition coefficient (Wildman–Crippen LogP) is 2.82. The van der Waals surface area contributed by atoms with Gasteiger partial charge in [-0.2, -0.15) is 4.98 Å². The summed E-state index contributed by atoms with van der Waals surface area (Å²) in [5.41, 5.74) is 1.26. The van der Waals surface area contributed by atoms with E-state index in [4.69, 9.17) is 21.1 Å². The van der Waals surface area contributed by atoms with Gasteiger partial charge in [0.1, 0.15) is 5.02 Å². The van der Waals surface area contributed by atoms with Gasteiger partial charge in [-0.15, -0.1) is 0 Å². The van der Waals surface area contributed by atoms with Gasteiger partial charge in [-0.25, -0.2) is 8.10 Å².